The normalized spacial score (nSPS) is 16.2. The maximum absolute atomic E-state index is 14.0. The summed E-state index contributed by atoms with van der Waals surface area (Å²) in [6, 6.07) is 8.61. The summed E-state index contributed by atoms with van der Waals surface area (Å²) in [6.45, 7) is 3.48. The van der Waals surface area contributed by atoms with Gasteiger partial charge in [0.05, 0.1) is 27.0 Å². The summed E-state index contributed by atoms with van der Waals surface area (Å²) in [6.07, 6.45) is 3.26. The molecule has 0 aliphatic carbocycles. The van der Waals surface area contributed by atoms with Gasteiger partial charge in [-0.25, -0.2) is 4.39 Å². The molecule has 0 bridgehead atoms. The maximum Gasteiger partial charge on any atom is 0.252 e. The Morgan fingerprint density at radius 1 is 1.48 bits per heavy atom. The standard InChI is InChI=1S/C21H20FN5OS/c1-2-15-8-18-20(29-15)19(16(10-25-18)21(24)28)26-13-5-6-27(11-13)14-4-3-12(9-23)17(22)7-14/h3-4,7-8,10,13H,2,5-6,11H2,1H3,(H2,24,28)(H,25,26). The number of pyridine rings is 1. The van der Waals surface area contributed by atoms with E-state index in [1.807, 2.05) is 12.1 Å². The summed E-state index contributed by atoms with van der Waals surface area (Å²) in [5, 5.41) is 12.4. The van der Waals surface area contributed by atoms with Gasteiger partial charge in [0, 0.05) is 35.9 Å². The highest BCUT2D eigenvalue weighted by atomic mass is 32.1. The lowest BCUT2D eigenvalue weighted by molar-refractivity contribution is 0.100. The molecule has 0 saturated carbocycles. The molecule has 1 unspecified atom stereocenters. The van der Waals surface area contributed by atoms with Crippen LogP contribution in [0, 0.1) is 17.1 Å². The van der Waals surface area contributed by atoms with Gasteiger partial charge in [-0.15, -0.1) is 11.3 Å². The summed E-state index contributed by atoms with van der Waals surface area (Å²) in [4.78, 5) is 19.6. The molecule has 1 saturated heterocycles. The molecule has 1 amide bonds. The van der Waals surface area contributed by atoms with E-state index in [0.29, 0.717) is 12.1 Å². The molecule has 0 radical (unpaired) electrons. The van der Waals surface area contributed by atoms with Crippen molar-refractivity contribution in [2.45, 2.75) is 25.8 Å². The third-order valence-corrected chi connectivity index (χ3v) is 6.47. The monoisotopic (exact) mass is 409 g/mol. The van der Waals surface area contributed by atoms with E-state index in [0.717, 1.165) is 41.0 Å². The van der Waals surface area contributed by atoms with Crippen LogP contribution in [0.25, 0.3) is 10.2 Å². The Kier molecular flexibility index (Phi) is 5.07. The highest BCUT2D eigenvalue weighted by Gasteiger charge is 2.26. The van der Waals surface area contributed by atoms with Crippen LogP contribution in [0.3, 0.4) is 0 Å². The number of thiophene rings is 1. The number of benzene rings is 1. The summed E-state index contributed by atoms with van der Waals surface area (Å²) in [5.74, 6) is -1.03. The number of nitriles is 1. The van der Waals surface area contributed by atoms with Gasteiger partial charge in [0.15, 0.2) is 0 Å². The molecule has 1 aromatic carbocycles. The average molecular weight is 409 g/mol. The van der Waals surface area contributed by atoms with Crippen molar-refractivity contribution in [3.8, 4) is 6.07 Å². The molecule has 3 N–H and O–H groups in total. The lowest BCUT2D eigenvalue weighted by atomic mass is 10.1. The van der Waals surface area contributed by atoms with Gasteiger partial charge in [0.25, 0.3) is 5.91 Å². The van der Waals surface area contributed by atoms with Gasteiger partial charge >= 0.3 is 0 Å². The number of halogens is 1. The van der Waals surface area contributed by atoms with Crippen molar-refractivity contribution in [3.05, 3.63) is 52.3 Å². The first-order valence-electron chi connectivity index (χ1n) is 9.42. The van der Waals surface area contributed by atoms with Gasteiger partial charge in [0.2, 0.25) is 0 Å². The molecule has 3 aromatic rings. The minimum Gasteiger partial charge on any atom is -0.379 e. The lowest BCUT2D eigenvalue weighted by Gasteiger charge is -2.20. The molecule has 1 aliphatic rings. The Morgan fingerprint density at radius 2 is 2.31 bits per heavy atom. The molecule has 8 heteroatoms. The van der Waals surface area contributed by atoms with E-state index in [4.69, 9.17) is 11.0 Å². The van der Waals surface area contributed by atoms with Crippen LogP contribution in [-0.4, -0.2) is 30.0 Å². The minimum absolute atomic E-state index is 0.0392. The van der Waals surface area contributed by atoms with Crippen LogP contribution in [0.15, 0.2) is 30.5 Å². The predicted octanol–water partition coefficient (Wildman–Crippen LogP) is 3.66. The number of aromatic nitrogens is 1. The van der Waals surface area contributed by atoms with Gasteiger partial charge < -0.3 is 16.0 Å². The second-order valence-corrected chi connectivity index (χ2v) is 8.18. The van der Waals surface area contributed by atoms with Gasteiger partial charge in [-0.3, -0.25) is 9.78 Å². The van der Waals surface area contributed by atoms with E-state index >= 15 is 0 Å². The minimum atomic E-state index is -0.516. The molecular weight excluding hydrogens is 389 g/mol. The number of hydrogen-bond donors (Lipinski definition) is 2. The summed E-state index contributed by atoms with van der Waals surface area (Å²) in [7, 11) is 0. The van der Waals surface area contributed by atoms with Crippen molar-refractivity contribution in [2.75, 3.05) is 23.3 Å². The Balaban J connectivity index is 1.60. The van der Waals surface area contributed by atoms with Crippen molar-refractivity contribution in [1.29, 1.82) is 5.26 Å². The maximum atomic E-state index is 14.0. The number of carbonyl (C=O) groups excluding carboxylic acids is 1. The van der Waals surface area contributed by atoms with E-state index in [-0.39, 0.29) is 11.6 Å². The molecule has 4 rings (SSSR count). The largest absolute Gasteiger partial charge is 0.379 e. The average Bonchev–Trinajstić information content (AvgIpc) is 3.34. The van der Waals surface area contributed by atoms with E-state index < -0.39 is 11.7 Å². The number of hydrogen-bond acceptors (Lipinski definition) is 6. The van der Waals surface area contributed by atoms with Crippen LogP contribution in [0.1, 0.15) is 34.1 Å². The number of rotatable bonds is 5. The third kappa shape index (κ3) is 3.61. The highest BCUT2D eigenvalue weighted by Crippen LogP contribution is 2.35. The molecule has 1 atom stereocenters. The number of nitrogens with two attached hydrogens (primary N) is 1. The number of nitrogens with zero attached hydrogens (tertiary/aromatic N) is 3. The number of carbonyl (C=O) groups is 1. The zero-order valence-electron chi connectivity index (χ0n) is 15.9. The number of fused-ring (bicyclic) bond motifs is 1. The molecule has 6 nitrogen and oxygen atoms in total. The van der Waals surface area contributed by atoms with Crippen LogP contribution in [-0.2, 0) is 6.42 Å². The van der Waals surface area contributed by atoms with Crippen LogP contribution < -0.4 is 16.0 Å². The van der Waals surface area contributed by atoms with E-state index in [2.05, 4.69) is 22.1 Å². The van der Waals surface area contributed by atoms with Crippen LogP contribution in [0.5, 0.6) is 0 Å². The molecule has 3 heterocycles. The SMILES string of the molecule is CCc1cc2ncc(C(N)=O)c(NC3CCN(c4ccc(C#N)c(F)c4)C3)c2s1. The number of anilines is 2. The Labute approximate surface area is 171 Å². The predicted molar refractivity (Wildman–Crippen MR) is 113 cm³/mol. The number of nitrogens with one attached hydrogen (secondary N) is 1. The summed E-state index contributed by atoms with van der Waals surface area (Å²) in [5.41, 5.74) is 8.33. The van der Waals surface area contributed by atoms with Crippen molar-refractivity contribution in [2.24, 2.45) is 5.73 Å². The fourth-order valence-electron chi connectivity index (χ4n) is 3.64. The van der Waals surface area contributed by atoms with Gasteiger partial charge in [-0.1, -0.05) is 6.92 Å². The first-order chi connectivity index (χ1) is 14.0. The number of primary amides is 1. The van der Waals surface area contributed by atoms with E-state index in [1.54, 1.807) is 17.4 Å². The molecule has 0 spiro atoms. The second-order valence-electron chi connectivity index (χ2n) is 7.04. The zero-order valence-corrected chi connectivity index (χ0v) is 16.7. The van der Waals surface area contributed by atoms with Crippen molar-refractivity contribution in [3.63, 3.8) is 0 Å². The highest BCUT2D eigenvalue weighted by molar-refractivity contribution is 7.19. The fraction of sp³-hybridized carbons (Fsp3) is 0.286. The smallest absolute Gasteiger partial charge is 0.252 e. The topological polar surface area (TPSA) is 95.0 Å². The molecule has 2 aromatic heterocycles. The van der Waals surface area contributed by atoms with Gasteiger partial charge in [-0.05, 0) is 37.1 Å². The molecule has 148 valence electrons. The van der Waals surface area contributed by atoms with Gasteiger partial charge in [0.1, 0.15) is 11.9 Å². The number of amides is 1. The molecular formula is C21H20FN5OS. The Bertz CT molecular complexity index is 1140. The van der Waals surface area contributed by atoms with Crippen molar-refractivity contribution < 1.29 is 9.18 Å². The quantitative estimate of drug-likeness (QED) is 0.671. The fourth-order valence-corrected chi connectivity index (χ4v) is 4.70. The third-order valence-electron chi connectivity index (χ3n) is 5.18. The molecule has 1 aliphatic heterocycles. The molecule has 1 fully saturated rings. The van der Waals surface area contributed by atoms with Crippen LogP contribution >= 0.6 is 11.3 Å². The van der Waals surface area contributed by atoms with E-state index in [9.17, 15) is 9.18 Å². The van der Waals surface area contributed by atoms with Crippen LogP contribution in [0.4, 0.5) is 15.8 Å². The van der Waals surface area contributed by atoms with E-state index in [1.165, 1.54) is 23.2 Å². The first-order valence-corrected chi connectivity index (χ1v) is 10.2. The zero-order chi connectivity index (χ0) is 20.5. The van der Waals surface area contributed by atoms with Crippen LogP contribution in [0.2, 0.25) is 0 Å². The van der Waals surface area contributed by atoms with Crippen molar-refractivity contribution >= 4 is 38.8 Å². The second kappa shape index (κ2) is 7.68. The first kappa shape index (κ1) is 19.2. The van der Waals surface area contributed by atoms with Crippen molar-refractivity contribution in [1.82, 2.24) is 4.98 Å². The Hall–Kier alpha value is -3.18. The summed E-state index contributed by atoms with van der Waals surface area (Å²) < 4.78 is 14.9. The molecule has 29 heavy (non-hydrogen) atoms. The lowest BCUT2D eigenvalue weighted by Crippen LogP contribution is -2.27. The number of aryl methyl sites for hydroxylation is 1. The summed E-state index contributed by atoms with van der Waals surface area (Å²) >= 11 is 1.62. The van der Waals surface area contributed by atoms with Gasteiger partial charge in [-0.2, -0.15) is 5.26 Å². The Morgan fingerprint density at radius 3 is 3.00 bits per heavy atom.